The topological polar surface area (TPSA) is 39.7 Å². The zero-order valence-corrected chi connectivity index (χ0v) is 8.70. The van der Waals surface area contributed by atoms with Crippen molar-refractivity contribution in [2.75, 3.05) is 33.5 Å². The van der Waals surface area contributed by atoms with Gasteiger partial charge in [-0.25, -0.2) is 0 Å². The third-order valence-electron chi connectivity index (χ3n) is 3.00. The van der Waals surface area contributed by atoms with E-state index < -0.39 is 0 Å². The fourth-order valence-electron chi connectivity index (χ4n) is 2.09. The number of rotatable bonds is 3. The molecule has 2 aliphatic heterocycles. The number of methoxy groups -OCH3 is 1. The van der Waals surface area contributed by atoms with Crippen LogP contribution in [0.15, 0.2) is 0 Å². The van der Waals surface area contributed by atoms with E-state index in [1.807, 2.05) is 0 Å². The van der Waals surface area contributed by atoms with Crippen LogP contribution in [0.4, 0.5) is 0 Å². The molecule has 2 fully saturated rings. The maximum Gasteiger partial charge on any atom is 0.0979 e. The van der Waals surface area contributed by atoms with Crippen LogP contribution in [0.1, 0.15) is 12.8 Å². The predicted octanol–water partition coefficient (Wildman–Crippen LogP) is 0.169. The zero-order valence-electron chi connectivity index (χ0n) is 8.70. The molecule has 2 rings (SSSR count). The van der Waals surface area contributed by atoms with E-state index >= 15 is 0 Å². The molecule has 2 heterocycles. The second-order valence-electron chi connectivity index (χ2n) is 3.97. The maximum absolute atomic E-state index is 5.38. The fraction of sp³-hybridized carbons (Fsp3) is 1.00. The van der Waals surface area contributed by atoms with Gasteiger partial charge in [0.25, 0.3) is 0 Å². The van der Waals surface area contributed by atoms with Gasteiger partial charge in [-0.2, -0.15) is 0 Å². The second kappa shape index (κ2) is 5.07. The molecule has 1 N–H and O–H groups in total. The normalized spacial score (nSPS) is 34.9. The Morgan fingerprint density at radius 3 is 2.64 bits per heavy atom. The van der Waals surface area contributed by atoms with Crippen molar-refractivity contribution in [3.05, 3.63) is 0 Å². The van der Waals surface area contributed by atoms with Crippen molar-refractivity contribution in [3.63, 3.8) is 0 Å². The standard InChI is InChI=1S/C10H19NO3/c1-12-10-7-14-6-9(10)11-8-2-4-13-5-3-8/h8-11H,2-7H2,1H3/t9-,10-/m0/s1. The van der Waals surface area contributed by atoms with Gasteiger partial charge >= 0.3 is 0 Å². The zero-order chi connectivity index (χ0) is 9.80. The molecule has 0 unspecified atom stereocenters. The molecule has 0 aliphatic carbocycles. The molecule has 2 atom stereocenters. The first-order valence-corrected chi connectivity index (χ1v) is 5.34. The Kier molecular flexibility index (Phi) is 3.75. The van der Waals surface area contributed by atoms with Crippen LogP contribution in [0.3, 0.4) is 0 Å². The van der Waals surface area contributed by atoms with Crippen LogP contribution in [0, 0.1) is 0 Å². The smallest absolute Gasteiger partial charge is 0.0979 e. The summed E-state index contributed by atoms with van der Waals surface area (Å²) in [4.78, 5) is 0. The van der Waals surface area contributed by atoms with E-state index in [-0.39, 0.29) is 6.10 Å². The highest BCUT2D eigenvalue weighted by Crippen LogP contribution is 2.13. The lowest BCUT2D eigenvalue weighted by Gasteiger charge is -2.28. The monoisotopic (exact) mass is 201 g/mol. The average molecular weight is 201 g/mol. The van der Waals surface area contributed by atoms with Gasteiger partial charge in [0, 0.05) is 26.4 Å². The van der Waals surface area contributed by atoms with Gasteiger partial charge in [0.15, 0.2) is 0 Å². The maximum atomic E-state index is 5.38. The first-order valence-electron chi connectivity index (χ1n) is 5.34. The van der Waals surface area contributed by atoms with Crippen molar-refractivity contribution in [1.29, 1.82) is 0 Å². The minimum absolute atomic E-state index is 0.220. The molecule has 0 aromatic rings. The van der Waals surface area contributed by atoms with Gasteiger partial charge in [-0.15, -0.1) is 0 Å². The van der Waals surface area contributed by atoms with Gasteiger partial charge in [0.05, 0.1) is 25.4 Å². The molecule has 4 heteroatoms. The molecular formula is C10H19NO3. The van der Waals surface area contributed by atoms with Crippen LogP contribution in [-0.2, 0) is 14.2 Å². The molecule has 0 radical (unpaired) electrons. The van der Waals surface area contributed by atoms with Crippen molar-refractivity contribution in [1.82, 2.24) is 5.32 Å². The van der Waals surface area contributed by atoms with Crippen molar-refractivity contribution >= 4 is 0 Å². The van der Waals surface area contributed by atoms with E-state index in [0.717, 1.165) is 39.3 Å². The molecule has 4 nitrogen and oxygen atoms in total. The highest BCUT2D eigenvalue weighted by Gasteiger charge is 2.30. The number of ether oxygens (including phenoxy) is 3. The van der Waals surface area contributed by atoms with Gasteiger partial charge in [-0.1, -0.05) is 0 Å². The molecule has 82 valence electrons. The van der Waals surface area contributed by atoms with E-state index in [2.05, 4.69) is 5.32 Å². The Labute approximate surface area is 84.9 Å². The first kappa shape index (κ1) is 10.4. The quantitative estimate of drug-likeness (QED) is 0.706. The molecule has 0 aromatic carbocycles. The Balaban J connectivity index is 1.77. The summed E-state index contributed by atoms with van der Waals surface area (Å²) in [5.41, 5.74) is 0. The Bertz CT molecular complexity index is 171. The van der Waals surface area contributed by atoms with E-state index in [9.17, 15) is 0 Å². The van der Waals surface area contributed by atoms with Crippen molar-refractivity contribution in [3.8, 4) is 0 Å². The third kappa shape index (κ3) is 2.45. The summed E-state index contributed by atoms with van der Waals surface area (Å²) in [6.45, 7) is 3.25. The molecule has 2 aliphatic rings. The molecule has 0 spiro atoms. The average Bonchev–Trinajstić information content (AvgIpc) is 2.67. The minimum Gasteiger partial charge on any atom is -0.381 e. The summed E-state index contributed by atoms with van der Waals surface area (Å²) in [7, 11) is 1.75. The van der Waals surface area contributed by atoms with Crippen LogP contribution < -0.4 is 5.32 Å². The van der Waals surface area contributed by atoms with Gasteiger partial charge < -0.3 is 19.5 Å². The van der Waals surface area contributed by atoms with Crippen molar-refractivity contribution < 1.29 is 14.2 Å². The van der Waals surface area contributed by atoms with E-state index in [1.54, 1.807) is 7.11 Å². The van der Waals surface area contributed by atoms with E-state index in [0.29, 0.717) is 12.1 Å². The predicted molar refractivity (Wildman–Crippen MR) is 52.4 cm³/mol. The van der Waals surface area contributed by atoms with Crippen LogP contribution >= 0.6 is 0 Å². The van der Waals surface area contributed by atoms with Crippen LogP contribution in [0.2, 0.25) is 0 Å². The summed E-state index contributed by atoms with van der Waals surface area (Å²) in [6.07, 6.45) is 2.43. The molecule has 14 heavy (non-hydrogen) atoms. The Morgan fingerprint density at radius 1 is 1.14 bits per heavy atom. The summed E-state index contributed by atoms with van der Waals surface area (Å²) >= 11 is 0. The van der Waals surface area contributed by atoms with Crippen molar-refractivity contribution in [2.45, 2.75) is 31.0 Å². The van der Waals surface area contributed by atoms with Crippen LogP contribution in [0.25, 0.3) is 0 Å². The summed E-state index contributed by atoms with van der Waals surface area (Å²) < 4.78 is 16.0. The lowest BCUT2D eigenvalue weighted by atomic mass is 10.1. The van der Waals surface area contributed by atoms with Crippen LogP contribution in [-0.4, -0.2) is 51.7 Å². The lowest BCUT2D eigenvalue weighted by molar-refractivity contribution is 0.0542. The molecule has 2 saturated heterocycles. The van der Waals surface area contributed by atoms with E-state index in [4.69, 9.17) is 14.2 Å². The molecule has 0 bridgehead atoms. The highest BCUT2D eigenvalue weighted by atomic mass is 16.5. The molecular weight excluding hydrogens is 182 g/mol. The highest BCUT2D eigenvalue weighted by molar-refractivity contribution is 4.85. The Hall–Kier alpha value is -0.160. The first-order chi connectivity index (χ1) is 6.90. The van der Waals surface area contributed by atoms with Gasteiger partial charge in [-0.3, -0.25) is 0 Å². The third-order valence-corrected chi connectivity index (χ3v) is 3.00. The largest absolute Gasteiger partial charge is 0.381 e. The Morgan fingerprint density at radius 2 is 1.93 bits per heavy atom. The number of hydrogen-bond acceptors (Lipinski definition) is 4. The summed E-state index contributed by atoms with van der Waals surface area (Å²) in [5, 5.41) is 3.59. The van der Waals surface area contributed by atoms with Gasteiger partial charge in [0.1, 0.15) is 0 Å². The molecule has 0 saturated carbocycles. The van der Waals surface area contributed by atoms with Gasteiger partial charge in [0.2, 0.25) is 0 Å². The van der Waals surface area contributed by atoms with Crippen molar-refractivity contribution in [2.24, 2.45) is 0 Å². The summed E-state index contributed by atoms with van der Waals surface area (Å²) in [6, 6.07) is 0.941. The SMILES string of the molecule is CO[C@H]1COC[C@@H]1NC1CCOCC1. The molecule has 0 aromatic heterocycles. The number of hydrogen-bond donors (Lipinski definition) is 1. The number of nitrogens with one attached hydrogen (secondary N) is 1. The summed E-state index contributed by atoms with van der Waals surface area (Å²) in [5.74, 6) is 0. The lowest BCUT2D eigenvalue weighted by Crippen LogP contribution is -2.47. The fourth-order valence-corrected chi connectivity index (χ4v) is 2.09. The minimum atomic E-state index is 0.220. The van der Waals surface area contributed by atoms with Crippen LogP contribution in [0.5, 0.6) is 0 Å². The van der Waals surface area contributed by atoms with E-state index in [1.165, 1.54) is 0 Å². The van der Waals surface area contributed by atoms with Gasteiger partial charge in [-0.05, 0) is 12.8 Å². The molecule has 0 amide bonds. The second-order valence-corrected chi connectivity index (χ2v) is 3.97.